The fraction of sp³-hybridized carbons (Fsp3) is 0.818. The molecule has 1 aliphatic rings. The van der Waals surface area contributed by atoms with Gasteiger partial charge >= 0.3 is 12.4 Å². The van der Waals surface area contributed by atoms with Crippen LogP contribution in [0.15, 0.2) is 11.6 Å². The van der Waals surface area contributed by atoms with E-state index in [2.05, 4.69) is 5.32 Å². The third-order valence-electron chi connectivity index (χ3n) is 2.94. The summed E-state index contributed by atoms with van der Waals surface area (Å²) in [6, 6.07) is -1.70. The van der Waals surface area contributed by atoms with E-state index >= 15 is 0 Å². The van der Waals surface area contributed by atoms with E-state index in [4.69, 9.17) is 0 Å². The van der Waals surface area contributed by atoms with Crippen molar-refractivity contribution in [2.45, 2.75) is 44.6 Å². The third kappa shape index (κ3) is 3.63. The molecule has 0 aliphatic heterocycles. The van der Waals surface area contributed by atoms with Gasteiger partial charge in [0.15, 0.2) is 5.92 Å². The maximum atomic E-state index is 12.7. The number of hydrogen-bond donors (Lipinski definition) is 1. The van der Waals surface area contributed by atoms with Crippen LogP contribution in [0, 0.1) is 5.92 Å². The molecule has 0 spiro atoms. The van der Waals surface area contributed by atoms with Crippen molar-refractivity contribution in [3.05, 3.63) is 11.6 Å². The Labute approximate surface area is 101 Å². The molecule has 0 radical (unpaired) electrons. The van der Waals surface area contributed by atoms with Crippen LogP contribution in [0.1, 0.15) is 26.2 Å². The Morgan fingerprint density at radius 1 is 1.17 bits per heavy atom. The van der Waals surface area contributed by atoms with Gasteiger partial charge in [0.25, 0.3) is 0 Å². The summed E-state index contributed by atoms with van der Waals surface area (Å²) in [7, 11) is 0. The van der Waals surface area contributed by atoms with E-state index in [1.54, 1.807) is 0 Å². The SMILES string of the molecule is CCNC(C1=CCCC1)C(C(F)(F)F)C(F)(F)F. The highest BCUT2D eigenvalue weighted by atomic mass is 19.4. The highest BCUT2D eigenvalue weighted by Crippen LogP contribution is 2.44. The average molecular weight is 275 g/mol. The Kier molecular flexibility index (Phi) is 4.69. The number of alkyl halides is 6. The quantitative estimate of drug-likeness (QED) is 0.607. The first-order chi connectivity index (χ1) is 8.18. The summed E-state index contributed by atoms with van der Waals surface area (Å²) in [5, 5.41) is 2.33. The van der Waals surface area contributed by atoms with Gasteiger partial charge in [0, 0.05) is 6.04 Å². The molecule has 7 heteroatoms. The van der Waals surface area contributed by atoms with Crippen LogP contribution in [0.5, 0.6) is 0 Å². The molecule has 18 heavy (non-hydrogen) atoms. The lowest BCUT2D eigenvalue weighted by Crippen LogP contribution is -2.51. The van der Waals surface area contributed by atoms with Crippen LogP contribution in [-0.4, -0.2) is 24.9 Å². The molecule has 0 saturated heterocycles. The summed E-state index contributed by atoms with van der Waals surface area (Å²) in [4.78, 5) is 0. The topological polar surface area (TPSA) is 12.0 Å². The van der Waals surface area contributed by atoms with E-state index in [0.717, 1.165) is 0 Å². The van der Waals surface area contributed by atoms with Crippen LogP contribution >= 0.6 is 0 Å². The summed E-state index contributed by atoms with van der Waals surface area (Å²) < 4.78 is 75.9. The van der Waals surface area contributed by atoms with Gasteiger partial charge in [-0.1, -0.05) is 18.6 Å². The highest BCUT2D eigenvalue weighted by Gasteiger charge is 2.60. The molecular formula is C11H15F6N. The van der Waals surface area contributed by atoms with Crippen molar-refractivity contribution < 1.29 is 26.3 Å². The van der Waals surface area contributed by atoms with Crippen molar-refractivity contribution in [3.63, 3.8) is 0 Å². The van der Waals surface area contributed by atoms with Gasteiger partial charge in [-0.25, -0.2) is 0 Å². The molecule has 1 aliphatic carbocycles. The Morgan fingerprint density at radius 3 is 2.06 bits per heavy atom. The number of nitrogens with one attached hydrogen (secondary N) is 1. The molecule has 1 rings (SSSR count). The Hall–Kier alpha value is -0.720. The summed E-state index contributed by atoms with van der Waals surface area (Å²) in [6.45, 7) is 1.55. The van der Waals surface area contributed by atoms with Crippen molar-refractivity contribution >= 4 is 0 Å². The van der Waals surface area contributed by atoms with Crippen LogP contribution in [0.3, 0.4) is 0 Å². The Bertz CT molecular complexity index is 290. The number of halogens is 6. The van der Waals surface area contributed by atoms with Crippen molar-refractivity contribution in [2.75, 3.05) is 6.54 Å². The van der Waals surface area contributed by atoms with E-state index in [9.17, 15) is 26.3 Å². The molecule has 106 valence electrons. The molecule has 0 saturated carbocycles. The van der Waals surface area contributed by atoms with Gasteiger partial charge in [-0.05, 0) is 25.8 Å². The van der Waals surface area contributed by atoms with Gasteiger partial charge in [0.2, 0.25) is 0 Å². The maximum Gasteiger partial charge on any atom is 0.402 e. The smallest absolute Gasteiger partial charge is 0.310 e. The third-order valence-corrected chi connectivity index (χ3v) is 2.94. The van der Waals surface area contributed by atoms with Crippen molar-refractivity contribution in [2.24, 2.45) is 5.92 Å². The minimum Gasteiger partial charge on any atom is -0.310 e. The molecule has 1 unspecified atom stereocenters. The number of hydrogen-bond acceptors (Lipinski definition) is 1. The summed E-state index contributed by atoms with van der Waals surface area (Å²) >= 11 is 0. The zero-order chi connectivity index (χ0) is 14.0. The van der Waals surface area contributed by atoms with Gasteiger partial charge in [-0.2, -0.15) is 26.3 Å². The summed E-state index contributed by atoms with van der Waals surface area (Å²) in [6.07, 6.45) is -7.67. The van der Waals surface area contributed by atoms with E-state index in [-0.39, 0.29) is 12.1 Å². The minimum absolute atomic E-state index is 0.0602. The van der Waals surface area contributed by atoms with Gasteiger partial charge in [-0.15, -0.1) is 0 Å². The second-order valence-corrected chi connectivity index (χ2v) is 4.27. The Morgan fingerprint density at radius 2 is 1.72 bits per heavy atom. The average Bonchev–Trinajstić information content (AvgIpc) is 2.64. The molecule has 1 nitrogen and oxygen atoms in total. The van der Waals surface area contributed by atoms with Crippen LogP contribution in [-0.2, 0) is 0 Å². The van der Waals surface area contributed by atoms with Crippen LogP contribution in [0.4, 0.5) is 26.3 Å². The van der Waals surface area contributed by atoms with Gasteiger partial charge < -0.3 is 5.32 Å². The standard InChI is InChI=1S/C11H15F6N/c1-2-18-8(7-5-3-4-6-7)9(10(12,13)14)11(15,16)17/h5,8-9,18H,2-4,6H2,1H3. The van der Waals surface area contributed by atoms with Crippen LogP contribution in [0.2, 0.25) is 0 Å². The monoisotopic (exact) mass is 275 g/mol. The summed E-state index contributed by atoms with van der Waals surface area (Å²) in [5.74, 6) is -3.34. The largest absolute Gasteiger partial charge is 0.402 e. The van der Waals surface area contributed by atoms with Crippen LogP contribution in [0.25, 0.3) is 0 Å². The number of allylic oxidation sites excluding steroid dienone is 1. The van der Waals surface area contributed by atoms with Crippen molar-refractivity contribution in [1.29, 1.82) is 0 Å². The first-order valence-electron chi connectivity index (χ1n) is 5.73. The lowest BCUT2D eigenvalue weighted by atomic mass is 9.91. The first-order valence-corrected chi connectivity index (χ1v) is 5.73. The molecule has 0 fully saturated rings. The van der Waals surface area contributed by atoms with E-state index < -0.39 is 24.3 Å². The molecule has 0 heterocycles. The second kappa shape index (κ2) is 5.50. The number of rotatable bonds is 4. The zero-order valence-electron chi connectivity index (χ0n) is 9.83. The first kappa shape index (κ1) is 15.3. The van der Waals surface area contributed by atoms with Crippen molar-refractivity contribution in [3.8, 4) is 0 Å². The van der Waals surface area contributed by atoms with Gasteiger partial charge in [-0.3, -0.25) is 0 Å². The lowest BCUT2D eigenvalue weighted by molar-refractivity contribution is -0.289. The molecule has 0 aromatic heterocycles. The van der Waals surface area contributed by atoms with E-state index in [0.29, 0.717) is 19.3 Å². The minimum atomic E-state index is -5.30. The number of likely N-dealkylation sites (N-methyl/N-ethyl adjacent to an activating group) is 1. The van der Waals surface area contributed by atoms with E-state index in [1.807, 2.05) is 0 Å². The predicted molar refractivity (Wildman–Crippen MR) is 55.0 cm³/mol. The second-order valence-electron chi connectivity index (χ2n) is 4.27. The van der Waals surface area contributed by atoms with Crippen LogP contribution < -0.4 is 5.32 Å². The fourth-order valence-corrected chi connectivity index (χ4v) is 2.22. The lowest BCUT2D eigenvalue weighted by Gasteiger charge is -2.32. The van der Waals surface area contributed by atoms with Gasteiger partial charge in [0.05, 0.1) is 0 Å². The predicted octanol–water partition coefficient (Wildman–Crippen LogP) is 3.82. The molecular weight excluding hydrogens is 260 g/mol. The molecule has 1 N–H and O–H groups in total. The normalized spacial score (nSPS) is 19.2. The highest BCUT2D eigenvalue weighted by molar-refractivity contribution is 5.18. The molecule has 0 aromatic rings. The molecule has 1 atom stereocenters. The maximum absolute atomic E-state index is 12.7. The molecule has 0 amide bonds. The zero-order valence-corrected chi connectivity index (χ0v) is 9.83. The molecule has 0 bridgehead atoms. The fourth-order valence-electron chi connectivity index (χ4n) is 2.22. The van der Waals surface area contributed by atoms with Gasteiger partial charge in [0.1, 0.15) is 0 Å². The van der Waals surface area contributed by atoms with Crippen molar-refractivity contribution in [1.82, 2.24) is 5.32 Å². The Balaban J connectivity index is 3.05. The summed E-state index contributed by atoms with van der Waals surface area (Å²) in [5.41, 5.74) is 0.219. The van der Waals surface area contributed by atoms with E-state index in [1.165, 1.54) is 13.0 Å². The molecule has 0 aromatic carbocycles.